The van der Waals surface area contributed by atoms with Crippen LogP contribution in [0.15, 0.2) is 48.7 Å². The van der Waals surface area contributed by atoms with E-state index in [4.69, 9.17) is 4.98 Å². The van der Waals surface area contributed by atoms with Crippen LogP contribution in [0.3, 0.4) is 0 Å². The van der Waals surface area contributed by atoms with Crippen LogP contribution in [0.25, 0.3) is 16.9 Å². The van der Waals surface area contributed by atoms with Gasteiger partial charge in [0, 0.05) is 37.1 Å². The zero-order valence-corrected chi connectivity index (χ0v) is 14.5. The van der Waals surface area contributed by atoms with Gasteiger partial charge in [-0.15, -0.1) is 0 Å². The first kappa shape index (κ1) is 15.4. The highest BCUT2D eigenvalue weighted by Crippen LogP contribution is 2.31. The Morgan fingerprint density at radius 1 is 1.00 bits per heavy atom. The second-order valence-electron chi connectivity index (χ2n) is 7.05. The summed E-state index contributed by atoms with van der Waals surface area (Å²) in [6, 6.07) is 14.6. The summed E-state index contributed by atoms with van der Waals surface area (Å²) in [4.78, 5) is 6.93. The minimum absolute atomic E-state index is 0.0376. The molecule has 0 atom stereocenters. The van der Waals surface area contributed by atoms with Crippen LogP contribution in [0.2, 0.25) is 0 Å². The first-order chi connectivity index (χ1) is 10.8. The Hall–Kier alpha value is -2.49. The maximum absolute atomic E-state index is 4.83. The van der Waals surface area contributed by atoms with Gasteiger partial charge in [-0.05, 0) is 45.0 Å². The van der Waals surface area contributed by atoms with Gasteiger partial charge in [0.25, 0.3) is 0 Å². The number of pyridine rings is 1. The monoisotopic (exact) mass is 308 g/mol. The number of anilines is 2. The Morgan fingerprint density at radius 2 is 1.70 bits per heavy atom. The van der Waals surface area contributed by atoms with Crippen molar-refractivity contribution in [2.75, 3.05) is 24.3 Å². The van der Waals surface area contributed by atoms with Gasteiger partial charge in [-0.25, -0.2) is 4.98 Å². The predicted molar refractivity (Wildman–Crippen MR) is 98.3 cm³/mol. The molecule has 3 aromatic rings. The Labute approximate surface area is 137 Å². The Balaban J connectivity index is 2.14. The summed E-state index contributed by atoms with van der Waals surface area (Å²) >= 11 is 0. The fourth-order valence-electron chi connectivity index (χ4n) is 2.59. The fraction of sp³-hybridized carbons (Fsp3) is 0.316. The van der Waals surface area contributed by atoms with Crippen molar-refractivity contribution in [3.8, 4) is 11.3 Å². The summed E-state index contributed by atoms with van der Waals surface area (Å²) in [5.74, 6) is 1.03. The number of nitrogens with one attached hydrogen (secondary N) is 1. The van der Waals surface area contributed by atoms with Gasteiger partial charge in [0.1, 0.15) is 17.2 Å². The van der Waals surface area contributed by atoms with E-state index < -0.39 is 0 Å². The first-order valence-corrected chi connectivity index (χ1v) is 7.88. The predicted octanol–water partition coefficient (Wildman–Crippen LogP) is 4.28. The molecule has 4 heteroatoms. The highest BCUT2D eigenvalue weighted by atomic mass is 15.2. The summed E-state index contributed by atoms with van der Waals surface area (Å²) in [5, 5.41) is 3.60. The molecule has 0 saturated carbocycles. The minimum Gasteiger partial charge on any atom is -0.378 e. The average Bonchev–Trinajstić information content (AvgIpc) is 2.84. The molecule has 0 aliphatic rings. The number of benzene rings is 1. The SMILES string of the molecule is CN(C)c1ccc(-c2nc3ccccn3c2NC(C)(C)C)cc1. The van der Waals surface area contributed by atoms with Crippen LogP contribution in [-0.2, 0) is 0 Å². The van der Waals surface area contributed by atoms with E-state index in [-0.39, 0.29) is 5.54 Å². The molecule has 0 bridgehead atoms. The van der Waals surface area contributed by atoms with Crippen LogP contribution < -0.4 is 10.2 Å². The molecule has 3 rings (SSSR count). The highest BCUT2D eigenvalue weighted by Gasteiger charge is 2.19. The van der Waals surface area contributed by atoms with Gasteiger partial charge in [0.05, 0.1) is 0 Å². The third-order valence-corrected chi connectivity index (χ3v) is 3.68. The lowest BCUT2D eigenvalue weighted by atomic mass is 10.1. The molecule has 0 fully saturated rings. The number of hydrogen-bond donors (Lipinski definition) is 1. The number of aromatic nitrogens is 2. The molecule has 0 aliphatic heterocycles. The molecule has 0 unspecified atom stereocenters. The van der Waals surface area contributed by atoms with Gasteiger partial charge in [-0.3, -0.25) is 4.40 Å². The number of nitrogens with zero attached hydrogens (tertiary/aromatic N) is 3. The van der Waals surface area contributed by atoms with Crippen LogP contribution in [0.5, 0.6) is 0 Å². The number of hydrogen-bond acceptors (Lipinski definition) is 3. The standard InChI is InChI=1S/C19H24N4/c1-19(2,3)21-18-17(20-16-8-6-7-13-23(16)18)14-9-11-15(12-10-14)22(4)5/h6-13,21H,1-5H3. The highest BCUT2D eigenvalue weighted by molar-refractivity contribution is 5.77. The molecular weight excluding hydrogens is 284 g/mol. The van der Waals surface area contributed by atoms with Crippen molar-refractivity contribution >= 4 is 17.2 Å². The molecular formula is C19H24N4. The van der Waals surface area contributed by atoms with Crippen molar-refractivity contribution in [2.24, 2.45) is 0 Å². The second kappa shape index (κ2) is 5.61. The summed E-state index contributed by atoms with van der Waals surface area (Å²) in [5.41, 5.74) is 4.20. The zero-order valence-electron chi connectivity index (χ0n) is 14.5. The quantitative estimate of drug-likeness (QED) is 0.784. The van der Waals surface area contributed by atoms with Crippen LogP contribution in [0.4, 0.5) is 11.5 Å². The van der Waals surface area contributed by atoms with Crippen LogP contribution in [0.1, 0.15) is 20.8 Å². The molecule has 1 N–H and O–H groups in total. The second-order valence-corrected chi connectivity index (χ2v) is 7.05. The molecule has 120 valence electrons. The molecule has 2 heterocycles. The summed E-state index contributed by atoms with van der Waals surface area (Å²) < 4.78 is 2.11. The van der Waals surface area contributed by atoms with Gasteiger partial charge in [0.2, 0.25) is 0 Å². The van der Waals surface area contributed by atoms with Crippen molar-refractivity contribution in [1.29, 1.82) is 0 Å². The average molecular weight is 308 g/mol. The Bertz CT molecular complexity index is 807. The van der Waals surface area contributed by atoms with E-state index >= 15 is 0 Å². The summed E-state index contributed by atoms with van der Waals surface area (Å²) in [6.45, 7) is 6.48. The van der Waals surface area contributed by atoms with E-state index in [0.29, 0.717) is 0 Å². The van der Waals surface area contributed by atoms with Crippen molar-refractivity contribution in [1.82, 2.24) is 9.38 Å². The van der Waals surface area contributed by atoms with Crippen LogP contribution in [0, 0.1) is 0 Å². The summed E-state index contributed by atoms with van der Waals surface area (Å²) in [7, 11) is 4.10. The number of rotatable bonds is 3. The molecule has 2 aromatic heterocycles. The summed E-state index contributed by atoms with van der Waals surface area (Å²) in [6.07, 6.45) is 2.05. The van der Waals surface area contributed by atoms with E-state index in [1.165, 1.54) is 5.69 Å². The maximum atomic E-state index is 4.83. The molecule has 0 spiro atoms. The van der Waals surface area contributed by atoms with E-state index in [2.05, 4.69) is 59.7 Å². The first-order valence-electron chi connectivity index (χ1n) is 7.88. The minimum atomic E-state index is -0.0376. The normalized spacial score (nSPS) is 11.7. The number of fused-ring (bicyclic) bond motifs is 1. The van der Waals surface area contributed by atoms with Crippen LogP contribution >= 0.6 is 0 Å². The van der Waals surface area contributed by atoms with Crippen LogP contribution in [-0.4, -0.2) is 29.0 Å². The van der Waals surface area contributed by atoms with E-state index in [1.807, 2.05) is 38.5 Å². The molecule has 1 aromatic carbocycles. The molecule has 0 radical (unpaired) electrons. The van der Waals surface area contributed by atoms with E-state index in [1.54, 1.807) is 0 Å². The van der Waals surface area contributed by atoms with Gasteiger partial charge < -0.3 is 10.2 Å². The lowest BCUT2D eigenvalue weighted by molar-refractivity contribution is 0.629. The lowest BCUT2D eigenvalue weighted by Crippen LogP contribution is -2.27. The maximum Gasteiger partial charge on any atom is 0.139 e. The van der Waals surface area contributed by atoms with Crippen molar-refractivity contribution in [3.05, 3.63) is 48.7 Å². The lowest BCUT2D eigenvalue weighted by Gasteiger charge is -2.22. The molecule has 4 nitrogen and oxygen atoms in total. The van der Waals surface area contributed by atoms with Crippen molar-refractivity contribution in [3.63, 3.8) is 0 Å². The largest absolute Gasteiger partial charge is 0.378 e. The van der Waals surface area contributed by atoms with E-state index in [9.17, 15) is 0 Å². The topological polar surface area (TPSA) is 32.6 Å². The van der Waals surface area contributed by atoms with Gasteiger partial charge >= 0.3 is 0 Å². The van der Waals surface area contributed by atoms with Crippen molar-refractivity contribution < 1.29 is 0 Å². The smallest absolute Gasteiger partial charge is 0.139 e. The van der Waals surface area contributed by atoms with Crippen molar-refractivity contribution in [2.45, 2.75) is 26.3 Å². The Kier molecular flexibility index (Phi) is 3.76. The fourth-order valence-corrected chi connectivity index (χ4v) is 2.59. The van der Waals surface area contributed by atoms with Gasteiger partial charge in [0.15, 0.2) is 0 Å². The molecule has 0 amide bonds. The van der Waals surface area contributed by atoms with E-state index in [0.717, 1.165) is 22.7 Å². The van der Waals surface area contributed by atoms with Gasteiger partial charge in [-0.1, -0.05) is 18.2 Å². The third kappa shape index (κ3) is 3.16. The number of imidazole rings is 1. The molecule has 0 saturated heterocycles. The molecule has 0 aliphatic carbocycles. The molecule has 23 heavy (non-hydrogen) atoms. The zero-order chi connectivity index (χ0) is 16.6. The third-order valence-electron chi connectivity index (χ3n) is 3.68. The van der Waals surface area contributed by atoms with Gasteiger partial charge in [-0.2, -0.15) is 0 Å². The Morgan fingerprint density at radius 3 is 2.30 bits per heavy atom.